The van der Waals surface area contributed by atoms with E-state index < -0.39 is 13.1 Å². The van der Waals surface area contributed by atoms with Crippen molar-refractivity contribution in [2.45, 2.75) is 51.2 Å². The van der Waals surface area contributed by atoms with Crippen molar-refractivity contribution in [2.75, 3.05) is 0 Å². The molecule has 3 rings (SSSR count). The van der Waals surface area contributed by atoms with E-state index in [2.05, 4.69) is 0 Å². The zero-order valence-electron chi connectivity index (χ0n) is 12.9. The topological polar surface area (TPSA) is 55.8 Å². The largest absolute Gasteiger partial charge is 0.494 e. The molecule has 21 heavy (non-hydrogen) atoms. The molecule has 0 spiro atoms. The van der Waals surface area contributed by atoms with Crippen LogP contribution < -0.4 is 5.46 Å². The van der Waals surface area contributed by atoms with E-state index in [0.29, 0.717) is 0 Å². The van der Waals surface area contributed by atoms with Gasteiger partial charge in [0.2, 0.25) is 0 Å². The molecule has 1 saturated heterocycles. The van der Waals surface area contributed by atoms with Crippen molar-refractivity contribution in [1.82, 2.24) is 0 Å². The molecular formula is C16H21BO4. The first kappa shape index (κ1) is 14.6. The highest BCUT2D eigenvalue weighted by Crippen LogP contribution is 2.47. The van der Waals surface area contributed by atoms with Crippen LogP contribution in [0.3, 0.4) is 0 Å². The molecule has 0 bridgehead atoms. The van der Waals surface area contributed by atoms with Gasteiger partial charge in [0.1, 0.15) is 0 Å². The van der Waals surface area contributed by atoms with Crippen molar-refractivity contribution >= 4 is 18.6 Å². The van der Waals surface area contributed by atoms with Gasteiger partial charge in [0, 0.05) is 0 Å². The van der Waals surface area contributed by atoms with Gasteiger partial charge in [-0.05, 0) is 51.1 Å². The molecule has 5 heteroatoms. The van der Waals surface area contributed by atoms with Crippen LogP contribution in [0.15, 0.2) is 24.3 Å². The summed E-state index contributed by atoms with van der Waals surface area (Å²) in [6.07, 6.45) is 0.724. The Balaban J connectivity index is 1.81. The average molecular weight is 288 g/mol. The van der Waals surface area contributed by atoms with Gasteiger partial charge in [0.05, 0.1) is 17.1 Å². The lowest BCUT2D eigenvalue weighted by Crippen LogP contribution is -2.41. The summed E-state index contributed by atoms with van der Waals surface area (Å²) >= 11 is 0. The molecule has 1 saturated carbocycles. The Morgan fingerprint density at radius 2 is 1.86 bits per heavy atom. The standard InChI is InChI=1S/C16H21BO4/c1-15(2)16(3,4)21-17(20-15)11-7-5-6-10(8-11)12-9-13(12)14(18)19/h5-8,12-13H,9H2,1-4H3,(H,18,19)/t12-,13+/m0/s1. The van der Waals surface area contributed by atoms with Gasteiger partial charge in [-0.3, -0.25) is 4.79 Å². The van der Waals surface area contributed by atoms with Gasteiger partial charge in [-0.1, -0.05) is 24.3 Å². The molecule has 112 valence electrons. The van der Waals surface area contributed by atoms with Gasteiger partial charge in [0.15, 0.2) is 0 Å². The van der Waals surface area contributed by atoms with E-state index in [0.717, 1.165) is 17.4 Å². The summed E-state index contributed by atoms with van der Waals surface area (Å²) in [5.41, 5.74) is 1.30. The molecule has 0 unspecified atom stereocenters. The van der Waals surface area contributed by atoms with Crippen molar-refractivity contribution in [2.24, 2.45) is 5.92 Å². The summed E-state index contributed by atoms with van der Waals surface area (Å²) in [5, 5.41) is 9.05. The summed E-state index contributed by atoms with van der Waals surface area (Å²) in [7, 11) is -0.392. The van der Waals surface area contributed by atoms with Gasteiger partial charge in [0.25, 0.3) is 0 Å². The first-order valence-electron chi connectivity index (χ1n) is 7.39. The zero-order chi connectivity index (χ0) is 15.4. The lowest BCUT2D eigenvalue weighted by molar-refractivity contribution is -0.138. The van der Waals surface area contributed by atoms with E-state index in [-0.39, 0.29) is 23.0 Å². The van der Waals surface area contributed by atoms with E-state index in [1.54, 1.807) is 0 Å². The van der Waals surface area contributed by atoms with Crippen molar-refractivity contribution in [1.29, 1.82) is 0 Å². The minimum Gasteiger partial charge on any atom is -0.481 e. The Morgan fingerprint density at radius 1 is 1.24 bits per heavy atom. The van der Waals surface area contributed by atoms with E-state index in [4.69, 9.17) is 14.4 Å². The molecule has 0 amide bonds. The second-order valence-electron chi connectivity index (χ2n) is 7.05. The summed E-state index contributed by atoms with van der Waals surface area (Å²) in [5.74, 6) is -0.815. The molecule has 1 N–H and O–H groups in total. The number of aliphatic carboxylic acids is 1. The van der Waals surface area contributed by atoms with Crippen LogP contribution in [-0.2, 0) is 14.1 Å². The first-order valence-corrected chi connectivity index (χ1v) is 7.39. The van der Waals surface area contributed by atoms with Crippen LogP contribution in [0.2, 0.25) is 0 Å². The zero-order valence-corrected chi connectivity index (χ0v) is 12.9. The third-order valence-corrected chi connectivity index (χ3v) is 4.97. The molecule has 1 aromatic rings. The Morgan fingerprint density at radius 3 is 2.38 bits per heavy atom. The minimum absolute atomic E-state index is 0.130. The average Bonchev–Trinajstić information content (AvgIpc) is 3.14. The van der Waals surface area contributed by atoms with Crippen LogP contribution >= 0.6 is 0 Å². The predicted molar refractivity (Wildman–Crippen MR) is 80.6 cm³/mol. The maximum absolute atomic E-state index is 11.0. The fourth-order valence-electron chi connectivity index (χ4n) is 2.75. The molecule has 2 aliphatic rings. The summed E-state index contributed by atoms with van der Waals surface area (Å²) in [6.45, 7) is 8.10. The second-order valence-corrected chi connectivity index (χ2v) is 7.05. The highest BCUT2D eigenvalue weighted by molar-refractivity contribution is 6.62. The molecule has 1 aliphatic carbocycles. The molecule has 2 fully saturated rings. The SMILES string of the molecule is CC1(C)OB(c2cccc([C@@H]3C[C@H]3C(=O)O)c2)OC1(C)C. The van der Waals surface area contributed by atoms with E-state index >= 15 is 0 Å². The summed E-state index contributed by atoms with van der Waals surface area (Å²) in [6, 6.07) is 7.94. The molecule has 4 nitrogen and oxygen atoms in total. The highest BCUT2D eigenvalue weighted by atomic mass is 16.7. The lowest BCUT2D eigenvalue weighted by Gasteiger charge is -2.32. The van der Waals surface area contributed by atoms with Crippen LogP contribution in [-0.4, -0.2) is 29.4 Å². The number of benzene rings is 1. The van der Waals surface area contributed by atoms with Crippen LogP contribution in [0.25, 0.3) is 0 Å². The van der Waals surface area contributed by atoms with E-state index in [1.165, 1.54) is 0 Å². The van der Waals surface area contributed by atoms with Crippen molar-refractivity contribution in [3.63, 3.8) is 0 Å². The number of carbonyl (C=O) groups is 1. The number of hydrogen-bond donors (Lipinski definition) is 1. The molecule has 0 aromatic heterocycles. The van der Waals surface area contributed by atoms with Gasteiger partial charge >= 0.3 is 13.1 Å². The Hall–Kier alpha value is -1.33. The summed E-state index contributed by atoms with van der Waals surface area (Å²) < 4.78 is 12.1. The van der Waals surface area contributed by atoms with Gasteiger partial charge < -0.3 is 14.4 Å². The Labute approximate surface area is 125 Å². The Bertz CT molecular complexity index is 565. The Kier molecular flexibility index (Phi) is 3.19. The van der Waals surface area contributed by atoms with Crippen LogP contribution in [0.4, 0.5) is 0 Å². The quantitative estimate of drug-likeness (QED) is 0.866. The predicted octanol–water partition coefficient (Wildman–Crippen LogP) is 2.17. The maximum Gasteiger partial charge on any atom is 0.494 e. The number of rotatable bonds is 3. The summed E-state index contributed by atoms with van der Waals surface area (Å²) in [4.78, 5) is 11.0. The third-order valence-electron chi connectivity index (χ3n) is 4.97. The van der Waals surface area contributed by atoms with Crippen molar-refractivity contribution < 1.29 is 19.2 Å². The van der Waals surface area contributed by atoms with Gasteiger partial charge in [-0.25, -0.2) is 0 Å². The molecule has 2 atom stereocenters. The van der Waals surface area contributed by atoms with Crippen LogP contribution in [0, 0.1) is 5.92 Å². The fraction of sp³-hybridized carbons (Fsp3) is 0.562. The second kappa shape index (κ2) is 4.58. The van der Waals surface area contributed by atoms with Crippen molar-refractivity contribution in [3.05, 3.63) is 29.8 Å². The molecule has 1 aromatic carbocycles. The molecular weight excluding hydrogens is 267 g/mol. The molecule has 1 aliphatic heterocycles. The normalized spacial score (nSPS) is 29.4. The third kappa shape index (κ3) is 2.49. The monoisotopic (exact) mass is 288 g/mol. The maximum atomic E-state index is 11.0. The lowest BCUT2D eigenvalue weighted by atomic mass is 9.78. The first-order chi connectivity index (χ1) is 9.71. The molecule has 1 heterocycles. The van der Waals surface area contributed by atoms with Crippen molar-refractivity contribution in [3.8, 4) is 0 Å². The molecule has 0 radical (unpaired) electrons. The smallest absolute Gasteiger partial charge is 0.481 e. The highest BCUT2D eigenvalue weighted by Gasteiger charge is 2.52. The van der Waals surface area contributed by atoms with Gasteiger partial charge in [-0.2, -0.15) is 0 Å². The van der Waals surface area contributed by atoms with E-state index in [9.17, 15) is 4.79 Å². The number of hydrogen-bond acceptors (Lipinski definition) is 3. The van der Waals surface area contributed by atoms with Crippen LogP contribution in [0.1, 0.15) is 45.6 Å². The van der Waals surface area contributed by atoms with E-state index in [1.807, 2.05) is 52.0 Å². The fourth-order valence-corrected chi connectivity index (χ4v) is 2.75. The number of carboxylic acids is 1. The van der Waals surface area contributed by atoms with Gasteiger partial charge in [-0.15, -0.1) is 0 Å². The minimum atomic E-state index is -0.707. The van der Waals surface area contributed by atoms with Crippen LogP contribution in [0.5, 0.6) is 0 Å². The number of carboxylic acid groups (broad SMARTS) is 1.